The summed E-state index contributed by atoms with van der Waals surface area (Å²) in [6, 6.07) is 12.7. The quantitative estimate of drug-likeness (QED) is 0.838. The van der Waals surface area contributed by atoms with Gasteiger partial charge < -0.3 is 10.1 Å². The topological polar surface area (TPSA) is 89.5 Å². The summed E-state index contributed by atoms with van der Waals surface area (Å²) in [5.41, 5.74) is 1.67. The summed E-state index contributed by atoms with van der Waals surface area (Å²) in [6.45, 7) is 1.43. The number of benzene rings is 2. The van der Waals surface area contributed by atoms with Gasteiger partial charge in [-0.25, -0.2) is 13.2 Å². The summed E-state index contributed by atoms with van der Waals surface area (Å²) < 4.78 is 27.9. The Bertz CT molecular complexity index is 874. The number of sulfone groups is 1. The summed E-state index contributed by atoms with van der Waals surface area (Å²) in [4.78, 5) is 23.8. The molecular formula is C17H17NO5S. The van der Waals surface area contributed by atoms with Gasteiger partial charge in [0.15, 0.2) is 16.4 Å². The molecule has 6 nitrogen and oxygen atoms in total. The zero-order valence-corrected chi connectivity index (χ0v) is 14.1. The van der Waals surface area contributed by atoms with Crippen molar-refractivity contribution >= 4 is 27.4 Å². The van der Waals surface area contributed by atoms with Crippen molar-refractivity contribution in [2.75, 3.05) is 18.2 Å². The molecule has 2 rings (SSSR count). The van der Waals surface area contributed by atoms with Gasteiger partial charge in [0.25, 0.3) is 5.91 Å². The number of nitrogens with one attached hydrogen (secondary N) is 1. The number of hydrogen-bond donors (Lipinski definition) is 1. The van der Waals surface area contributed by atoms with Crippen LogP contribution < -0.4 is 5.32 Å². The number of anilines is 1. The number of esters is 1. The number of rotatable bonds is 5. The third-order valence-corrected chi connectivity index (χ3v) is 4.24. The Morgan fingerprint density at radius 1 is 1.08 bits per heavy atom. The van der Waals surface area contributed by atoms with E-state index in [9.17, 15) is 18.0 Å². The molecule has 0 saturated heterocycles. The molecule has 0 fully saturated rings. The third kappa shape index (κ3) is 4.92. The first kappa shape index (κ1) is 17.7. The molecule has 0 aliphatic carbocycles. The van der Waals surface area contributed by atoms with Crippen LogP contribution in [0.15, 0.2) is 53.4 Å². The van der Waals surface area contributed by atoms with Gasteiger partial charge in [-0.15, -0.1) is 0 Å². The second-order valence-electron chi connectivity index (χ2n) is 5.29. The van der Waals surface area contributed by atoms with E-state index in [4.69, 9.17) is 4.74 Å². The summed E-state index contributed by atoms with van der Waals surface area (Å²) in [5, 5.41) is 2.61. The largest absolute Gasteiger partial charge is 0.452 e. The molecule has 0 spiro atoms. The van der Waals surface area contributed by atoms with Gasteiger partial charge in [0.2, 0.25) is 0 Å². The fraction of sp³-hybridized carbons (Fsp3) is 0.176. The van der Waals surface area contributed by atoms with E-state index in [1.54, 1.807) is 18.2 Å². The maximum atomic E-state index is 11.9. The molecule has 0 heterocycles. The van der Waals surface area contributed by atoms with E-state index in [1.165, 1.54) is 24.3 Å². The molecule has 0 aliphatic heterocycles. The minimum Gasteiger partial charge on any atom is -0.452 e. The highest BCUT2D eigenvalue weighted by Gasteiger charge is 2.14. The van der Waals surface area contributed by atoms with Crippen molar-refractivity contribution in [3.05, 3.63) is 59.7 Å². The van der Waals surface area contributed by atoms with Crippen molar-refractivity contribution in [3.8, 4) is 0 Å². The lowest BCUT2D eigenvalue weighted by atomic mass is 10.2. The van der Waals surface area contributed by atoms with Crippen LogP contribution in [0.1, 0.15) is 15.9 Å². The normalized spacial score (nSPS) is 10.9. The average Bonchev–Trinajstić information content (AvgIpc) is 2.52. The Morgan fingerprint density at radius 3 is 2.46 bits per heavy atom. The molecule has 0 aromatic heterocycles. The smallest absolute Gasteiger partial charge is 0.338 e. The van der Waals surface area contributed by atoms with Crippen LogP contribution in [0.2, 0.25) is 0 Å². The molecule has 0 unspecified atom stereocenters. The number of aryl methyl sites for hydroxylation is 1. The van der Waals surface area contributed by atoms with Crippen molar-refractivity contribution in [2.24, 2.45) is 0 Å². The van der Waals surface area contributed by atoms with Gasteiger partial charge in [-0.2, -0.15) is 0 Å². The van der Waals surface area contributed by atoms with E-state index < -0.39 is 28.3 Å². The summed E-state index contributed by atoms with van der Waals surface area (Å²) >= 11 is 0. The van der Waals surface area contributed by atoms with Gasteiger partial charge in [-0.3, -0.25) is 4.79 Å². The zero-order valence-electron chi connectivity index (χ0n) is 13.3. The lowest BCUT2D eigenvalue weighted by molar-refractivity contribution is -0.119. The van der Waals surface area contributed by atoms with Crippen LogP contribution in [0.4, 0.5) is 5.69 Å². The van der Waals surface area contributed by atoms with E-state index >= 15 is 0 Å². The third-order valence-electron chi connectivity index (χ3n) is 3.13. The highest BCUT2D eigenvalue weighted by atomic mass is 32.2. The van der Waals surface area contributed by atoms with Gasteiger partial charge >= 0.3 is 5.97 Å². The van der Waals surface area contributed by atoms with Gasteiger partial charge in [-0.05, 0) is 42.8 Å². The maximum absolute atomic E-state index is 11.9. The summed E-state index contributed by atoms with van der Waals surface area (Å²) in [7, 11) is -3.42. The fourth-order valence-electron chi connectivity index (χ4n) is 1.99. The van der Waals surface area contributed by atoms with Crippen molar-refractivity contribution in [1.29, 1.82) is 0 Å². The Morgan fingerprint density at radius 2 is 1.79 bits per heavy atom. The average molecular weight is 347 g/mol. The van der Waals surface area contributed by atoms with E-state index in [0.717, 1.165) is 11.8 Å². The molecule has 126 valence electrons. The van der Waals surface area contributed by atoms with Crippen LogP contribution in [0.25, 0.3) is 0 Å². The molecule has 1 amide bonds. The van der Waals surface area contributed by atoms with Crippen LogP contribution in [0, 0.1) is 6.92 Å². The molecule has 0 bridgehead atoms. The number of ether oxygens (including phenoxy) is 1. The van der Waals surface area contributed by atoms with Gasteiger partial charge in [-0.1, -0.05) is 18.2 Å². The highest BCUT2D eigenvalue weighted by Crippen LogP contribution is 2.13. The Balaban J connectivity index is 1.97. The molecule has 2 aromatic carbocycles. The minimum atomic E-state index is -3.42. The van der Waals surface area contributed by atoms with Gasteiger partial charge in [0.05, 0.1) is 10.5 Å². The van der Waals surface area contributed by atoms with Gasteiger partial charge in [0, 0.05) is 11.9 Å². The first-order valence-electron chi connectivity index (χ1n) is 7.09. The molecular weight excluding hydrogens is 330 g/mol. The highest BCUT2D eigenvalue weighted by molar-refractivity contribution is 7.90. The molecule has 1 N–H and O–H groups in total. The maximum Gasteiger partial charge on any atom is 0.338 e. The molecule has 0 saturated carbocycles. The molecule has 0 atom stereocenters. The first-order valence-corrected chi connectivity index (χ1v) is 8.98. The predicted molar refractivity (Wildman–Crippen MR) is 89.6 cm³/mol. The second kappa shape index (κ2) is 7.27. The Kier molecular flexibility index (Phi) is 5.35. The van der Waals surface area contributed by atoms with Crippen LogP contribution in [-0.4, -0.2) is 33.2 Å². The summed E-state index contributed by atoms with van der Waals surface area (Å²) in [6.07, 6.45) is 1.05. The number of hydrogen-bond acceptors (Lipinski definition) is 5. The SMILES string of the molecule is Cc1cccc(NC(=O)COC(=O)c2cccc(S(C)(=O)=O)c2)c1. The van der Waals surface area contributed by atoms with E-state index in [1.807, 2.05) is 13.0 Å². The Hall–Kier alpha value is -2.67. The number of amides is 1. The van der Waals surface area contributed by atoms with Gasteiger partial charge in [0.1, 0.15) is 0 Å². The van der Waals surface area contributed by atoms with Crippen LogP contribution in [-0.2, 0) is 19.4 Å². The monoisotopic (exact) mass is 347 g/mol. The lowest BCUT2D eigenvalue weighted by Crippen LogP contribution is -2.21. The van der Waals surface area contributed by atoms with Crippen molar-refractivity contribution in [2.45, 2.75) is 11.8 Å². The zero-order chi connectivity index (χ0) is 17.7. The number of carbonyl (C=O) groups is 2. The Labute approximate surface area is 140 Å². The van der Waals surface area contributed by atoms with Crippen LogP contribution >= 0.6 is 0 Å². The number of carbonyl (C=O) groups excluding carboxylic acids is 2. The van der Waals surface area contributed by atoms with Crippen molar-refractivity contribution in [3.63, 3.8) is 0 Å². The second-order valence-corrected chi connectivity index (χ2v) is 7.31. The fourth-order valence-corrected chi connectivity index (χ4v) is 2.65. The van der Waals surface area contributed by atoms with E-state index in [0.29, 0.717) is 5.69 Å². The summed E-state index contributed by atoms with van der Waals surface area (Å²) in [5.74, 6) is -1.24. The molecule has 7 heteroatoms. The lowest BCUT2D eigenvalue weighted by Gasteiger charge is -2.08. The van der Waals surface area contributed by atoms with Crippen LogP contribution in [0.3, 0.4) is 0 Å². The van der Waals surface area contributed by atoms with Crippen molar-refractivity contribution < 1.29 is 22.7 Å². The van der Waals surface area contributed by atoms with E-state index in [2.05, 4.69) is 5.32 Å². The predicted octanol–water partition coefficient (Wildman–Crippen LogP) is 2.19. The van der Waals surface area contributed by atoms with E-state index in [-0.39, 0.29) is 10.5 Å². The molecule has 2 aromatic rings. The first-order chi connectivity index (χ1) is 11.3. The molecule has 0 radical (unpaired) electrons. The standard InChI is InChI=1S/C17H17NO5S/c1-12-5-3-7-14(9-12)18-16(19)11-23-17(20)13-6-4-8-15(10-13)24(2,21)22/h3-10H,11H2,1-2H3,(H,18,19). The molecule has 24 heavy (non-hydrogen) atoms. The minimum absolute atomic E-state index is 0.0150. The molecule has 0 aliphatic rings. The van der Waals surface area contributed by atoms with Crippen LogP contribution in [0.5, 0.6) is 0 Å². The van der Waals surface area contributed by atoms with Crippen molar-refractivity contribution in [1.82, 2.24) is 0 Å².